The molecule has 7 heteroatoms. The van der Waals surface area contributed by atoms with Gasteiger partial charge in [0.25, 0.3) is 0 Å². The van der Waals surface area contributed by atoms with E-state index in [4.69, 9.17) is 4.74 Å². The fourth-order valence-electron chi connectivity index (χ4n) is 2.11. The molecule has 1 heterocycles. The average Bonchev–Trinajstić information content (AvgIpc) is 2.52. The lowest BCUT2D eigenvalue weighted by Gasteiger charge is -2.31. The number of carbonyl (C=O) groups is 1. The van der Waals surface area contributed by atoms with Crippen LogP contribution in [0.5, 0.6) is 0 Å². The summed E-state index contributed by atoms with van der Waals surface area (Å²) in [6.07, 6.45) is 1.53. The molecule has 0 spiro atoms. The predicted octanol–water partition coefficient (Wildman–Crippen LogP) is 1.81. The Hall–Kier alpha value is -1.99. The minimum atomic E-state index is -3.91. The number of benzene rings is 1. The second-order valence-corrected chi connectivity index (χ2v) is 7.29. The topological polar surface area (TPSA) is 76.6 Å². The Bertz CT molecular complexity index is 810. The fraction of sp³-hybridized carbons (Fsp3) is 0.333. The zero-order valence-electron chi connectivity index (χ0n) is 12.9. The van der Waals surface area contributed by atoms with Crippen molar-refractivity contribution in [3.05, 3.63) is 36.5 Å². The molecule has 0 saturated heterocycles. The third kappa shape index (κ3) is 2.57. The van der Waals surface area contributed by atoms with Crippen LogP contribution in [-0.2, 0) is 19.6 Å². The molecule has 0 N–H and O–H groups in total. The highest BCUT2D eigenvalue weighted by molar-refractivity contribution is 7.89. The van der Waals surface area contributed by atoms with E-state index < -0.39 is 21.5 Å². The molecular formula is C15H18N2O4S. The maximum atomic E-state index is 12.9. The number of sulfonamides is 1. The number of rotatable bonds is 4. The van der Waals surface area contributed by atoms with Gasteiger partial charge < -0.3 is 4.74 Å². The van der Waals surface area contributed by atoms with Gasteiger partial charge in [0, 0.05) is 18.6 Å². The van der Waals surface area contributed by atoms with Gasteiger partial charge in [-0.2, -0.15) is 4.31 Å². The van der Waals surface area contributed by atoms with Crippen LogP contribution in [0.15, 0.2) is 41.4 Å². The highest BCUT2D eigenvalue weighted by Crippen LogP contribution is 2.28. The van der Waals surface area contributed by atoms with E-state index in [1.165, 1.54) is 40.3 Å². The van der Waals surface area contributed by atoms with Gasteiger partial charge in [-0.25, -0.2) is 8.42 Å². The fourth-order valence-corrected chi connectivity index (χ4v) is 3.75. The van der Waals surface area contributed by atoms with Gasteiger partial charge in [-0.15, -0.1) is 0 Å². The predicted molar refractivity (Wildman–Crippen MR) is 82.8 cm³/mol. The van der Waals surface area contributed by atoms with E-state index in [1.807, 2.05) is 0 Å². The van der Waals surface area contributed by atoms with E-state index in [-0.39, 0.29) is 4.90 Å². The highest BCUT2D eigenvalue weighted by atomic mass is 32.2. The SMILES string of the molecule is COC(=O)C(C)(C)N(C)S(=O)(=O)c1cccc2cccnc12. The van der Waals surface area contributed by atoms with Crippen LogP contribution in [0.1, 0.15) is 13.8 Å². The number of nitrogens with zero attached hydrogens (tertiary/aromatic N) is 2. The standard InChI is InChI=1S/C15H18N2O4S/c1-15(2,14(18)21-4)17(3)22(19,20)12-9-5-7-11-8-6-10-16-13(11)12/h5-10H,1-4H3. The molecule has 1 aromatic carbocycles. The van der Waals surface area contributed by atoms with Crippen molar-refractivity contribution >= 4 is 26.9 Å². The van der Waals surface area contributed by atoms with Crippen LogP contribution in [-0.4, -0.2) is 43.4 Å². The first-order chi connectivity index (χ1) is 10.2. The normalized spacial score (nSPS) is 12.6. The molecule has 0 fully saturated rings. The van der Waals surface area contributed by atoms with Crippen molar-refractivity contribution in [3.8, 4) is 0 Å². The molecule has 6 nitrogen and oxygen atoms in total. The van der Waals surface area contributed by atoms with Gasteiger partial charge in [0.2, 0.25) is 10.0 Å². The third-order valence-electron chi connectivity index (χ3n) is 3.71. The van der Waals surface area contributed by atoms with E-state index >= 15 is 0 Å². The van der Waals surface area contributed by atoms with Crippen molar-refractivity contribution < 1.29 is 17.9 Å². The van der Waals surface area contributed by atoms with Crippen LogP contribution in [0, 0.1) is 0 Å². The number of likely N-dealkylation sites (N-methyl/N-ethyl adjacent to an activating group) is 1. The van der Waals surface area contributed by atoms with Crippen LogP contribution in [0.3, 0.4) is 0 Å². The molecule has 22 heavy (non-hydrogen) atoms. The van der Waals surface area contributed by atoms with E-state index in [0.29, 0.717) is 10.9 Å². The van der Waals surface area contributed by atoms with Gasteiger partial charge in [0.1, 0.15) is 10.4 Å². The average molecular weight is 322 g/mol. The van der Waals surface area contributed by atoms with Gasteiger partial charge in [-0.05, 0) is 26.0 Å². The van der Waals surface area contributed by atoms with Crippen molar-refractivity contribution in [1.82, 2.24) is 9.29 Å². The van der Waals surface area contributed by atoms with E-state index in [1.54, 1.807) is 24.3 Å². The Morgan fingerprint density at radius 3 is 2.50 bits per heavy atom. The zero-order chi connectivity index (χ0) is 16.5. The quantitative estimate of drug-likeness (QED) is 0.802. The molecule has 0 bridgehead atoms. The number of carbonyl (C=O) groups excluding carboxylic acids is 1. The molecule has 118 valence electrons. The summed E-state index contributed by atoms with van der Waals surface area (Å²) in [5, 5.41) is 0.716. The number of ether oxygens (including phenoxy) is 1. The molecule has 0 aliphatic heterocycles. The zero-order valence-corrected chi connectivity index (χ0v) is 13.7. The van der Waals surface area contributed by atoms with Crippen molar-refractivity contribution in [2.45, 2.75) is 24.3 Å². The van der Waals surface area contributed by atoms with Crippen molar-refractivity contribution in [2.24, 2.45) is 0 Å². The molecular weight excluding hydrogens is 304 g/mol. The number of fused-ring (bicyclic) bond motifs is 1. The summed E-state index contributed by atoms with van der Waals surface area (Å²) < 4.78 is 31.5. The second-order valence-electron chi connectivity index (χ2n) is 5.35. The maximum absolute atomic E-state index is 12.9. The molecule has 0 aliphatic carbocycles. The molecule has 2 aromatic rings. The molecule has 0 unspecified atom stereocenters. The Balaban J connectivity index is 2.61. The van der Waals surface area contributed by atoms with Gasteiger partial charge in [0.05, 0.1) is 12.6 Å². The number of pyridine rings is 1. The lowest BCUT2D eigenvalue weighted by atomic mass is 10.1. The molecule has 2 rings (SSSR count). The van der Waals surface area contributed by atoms with Crippen LogP contribution >= 0.6 is 0 Å². The first kappa shape index (κ1) is 16.4. The second kappa shape index (κ2) is 5.66. The number of esters is 1. The Morgan fingerprint density at radius 1 is 1.23 bits per heavy atom. The molecule has 1 aromatic heterocycles. The summed E-state index contributed by atoms with van der Waals surface area (Å²) >= 11 is 0. The number of methoxy groups -OCH3 is 1. The van der Waals surface area contributed by atoms with Crippen LogP contribution < -0.4 is 0 Å². The van der Waals surface area contributed by atoms with Gasteiger partial charge in [-0.3, -0.25) is 9.78 Å². The summed E-state index contributed by atoms with van der Waals surface area (Å²) in [6.45, 7) is 2.99. The Labute approximate surface area is 129 Å². The van der Waals surface area contributed by atoms with Gasteiger partial charge >= 0.3 is 5.97 Å². The van der Waals surface area contributed by atoms with Crippen molar-refractivity contribution in [3.63, 3.8) is 0 Å². The number of hydrogen-bond donors (Lipinski definition) is 0. The largest absolute Gasteiger partial charge is 0.468 e. The number of aromatic nitrogens is 1. The minimum Gasteiger partial charge on any atom is -0.468 e. The monoisotopic (exact) mass is 322 g/mol. The summed E-state index contributed by atoms with van der Waals surface area (Å²) in [7, 11) is -1.33. The van der Waals surface area contributed by atoms with Crippen molar-refractivity contribution in [2.75, 3.05) is 14.2 Å². The lowest BCUT2D eigenvalue weighted by molar-refractivity contribution is -0.149. The Kier molecular flexibility index (Phi) is 4.21. The first-order valence-corrected chi connectivity index (χ1v) is 8.08. The van der Waals surface area contributed by atoms with Gasteiger partial charge in [0.15, 0.2) is 0 Å². The minimum absolute atomic E-state index is 0.0603. The maximum Gasteiger partial charge on any atom is 0.326 e. The molecule has 0 aliphatic rings. The Morgan fingerprint density at radius 2 is 1.86 bits per heavy atom. The summed E-state index contributed by atoms with van der Waals surface area (Å²) in [4.78, 5) is 16.1. The van der Waals surface area contributed by atoms with Crippen LogP contribution in [0.25, 0.3) is 10.9 Å². The van der Waals surface area contributed by atoms with Crippen LogP contribution in [0.4, 0.5) is 0 Å². The van der Waals surface area contributed by atoms with E-state index in [2.05, 4.69) is 4.98 Å². The molecule has 0 radical (unpaired) electrons. The van der Waals surface area contributed by atoms with Gasteiger partial charge in [-0.1, -0.05) is 18.2 Å². The van der Waals surface area contributed by atoms with E-state index in [9.17, 15) is 13.2 Å². The summed E-state index contributed by atoms with van der Waals surface area (Å²) in [6, 6.07) is 8.44. The smallest absolute Gasteiger partial charge is 0.326 e. The molecule has 0 atom stereocenters. The third-order valence-corrected chi connectivity index (χ3v) is 5.77. The summed E-state index contributed by atoms with van der Waals surface area (Å²) in [5.41, 5.74) is -0.956. The summed E-state index contributed by atoms with van der Waals surface area (Å²) in [5.74, 6) is -0.633. The van der Waals surface area contributed by atoms with Crippen LogP contribution in [0.2, 0.25) is 0 Å². The molecule has 0 amide bonds. The number of hydrogen-bond acceptors (Lipinski definition) is 5. The number of para-hydroxylation sites is 1. The van der Waals surface area contributed by atoms with E-state index in [0.717, 1.165) is 4.31 Å². The molecule has 0 saturated carbocycles. The highest BCUT2D eigenvalue weighted by Gasteiger charge is 2.41. The lowest BCUT2D eigenvalue weighted by Crippen LogP contribution is -2.51. The van der Waals surface area contributed by atoms with Crippen molar-refractivity contribution in [1.29, 1.82) is 0 Å². The first-order valence-electron chi connectivity index (χ1n) is 6.64.